The molecule has 0 saturated carbocycles. The second-order valence-corrected chi connectivity index (χ2v) is 5.22. The van der Waals surface area contributed by atoms with Crippen LogP contribution >= 0.6 is 23.2 Å². The van der Waals surface area contributed by atoms with Crippen LogP contribution in [0.2, 0.25) is 10.0 Å². The van der Waals surface area contributed by atoms with Gasteiger partial charge in [-0.1, -0.05) is 23.2 Å². The number of hydrogen-bond donors (Lipinski definition) is 0. The molecule has 0 bridgehead atoms. The van der Waals surface area contributed by atoms with Gasteiger partial charge in [0.15, 0.2) is 0 Å². The molecular weight excluding hydrogens is 324 g/mol. The lowest BCUT2D eigenvalue weighted by Gasteiger charge is -2.11. The number of halogens is 5. The normalized spacial score (nSPS) is 12.0. The predicted octanol–water partition coefficient (Wildman–Crippen LogP) is 5.35. The molecule has 21 heavy (non-hydrogen) atoms. The number of aromatic nitrogens is 2. The van der Waals surface area contributed by atoms with Gasteiger partial charge in [-0.15, -0.1) is 0 Å². The highest BCUT2D eigenvalue weighted by Crippen LogP contribution is 2.34. The van der Waals surface area contributed by atoms with E-state index in [1.807, 2.05) is 0 Å². The topological polar surface area (TPSA) is 17.8 Å². The summed E-state index contributed by atoms with van der Waals surface area (Å²) < 4.78 is 39.6. The Balaban J connectivity index is 2.18. The second-order valence-electron chi connectivity index (χ2n) is 4.40. The average Bonchev–Trinajstić information content (AvgIpc) is 2.83. The molecule has 0 aliphatic rings. The van der Waals surface area contributed by atoms with Gasteiger partial charge in [0.1, 0.15) is 0 Å². The molecule has 108 valence electrons. The van der Waals surface area contributed by atoms with Crippen molar-refractivity contribution in [3.63, 3.8) is 0 Å². The summed E-state index contributed by atoms with van der Waals surface area (Å²) in [6, 6.07) is 4.98. The third-order valence-electron chi connectivity index (χ3n) is 3.10. The quantitative estimate of drug-likeness (QED) is 0.588. The molecule has 2 heterocycles. The van der Waals surface area contributed by atoms with Crippen molar-refractivity contribution in [1.29, 1.82) is 0 Å². The van der Waals surface area contributed by atoms with Gasteiger partial charge in [0.05, 0.1) is 33.0 Å². The maximum atomic E-state index is 12.7. The van der Waals surface area contributed by atoms with Gasteiger partial charge in [-0.3, -0.25) is 4.98 Å². The number of rotatable bonds is 1. The fourth-order valence-corrected chi connectivity index (χ4v) is 2.60. The minimum absolute atomic E-state index is 0.00213. The van der Waals surface area contributed by atoms with E-state index in [9.17, 15) is 13.2 Å². The van der Waals surface area contributed by atoms with Gasteiger partial charge in [-0.25, -0.2) is 0 Å². The summed E-state index contributed by atoms with van der Waals surface area (Å²) in [5.74, 6) is 0. The fourth-order valence-electron chi connectivity index (χ4n) is 2.11. The van der Waals surface area contributed by atoms with Gasteiger partial charge < -0.3 is 4.57 Å². The molecule has 2 aromatic heterocycles. The maximum absolute atomic E-state index is 12.7. The number of benzene rings is 1. The highest BCUT2D eigenvalue weighted by Gasteiger charge is 2.31. The Hall–Kier alpha value is -1.72. The third-order valence-corrected chi connectivity index (χ3v) is 3.71. The van der Waals surface area contributed by atoms with Gasteiger partial charge in [0.2, 0.25) is 0 Å². The molecular formula is C14H7Cl2F3N2. The highest BCUT2D eigenvalue weighted by molar-refractivity contribution is 6.35. The number of alkyl halides is 3. The number of fused-ring (bicyclic) bond motifs is 1. The van der Waals surface area contributed by atoms with Crippen molar-refractivity contribution >= 4 is 34.1 Å². The molecule has 1 aromatic carbocycles. The summed E-state index contributed by atoms with van der Waals surface area (Å²) in [5.41, 5.74) is 0.316. The Morgan fingerprint density at radius 1 is 1.00 bits per heavy atom. The lowest BCUT2D eigenvalue weighted by molar-refractivity contribution is -0.137. The van der Waals surface area contributed by atoms with E-state index in [2.05, 4.69) is 4.98 Å². The predicted molar refractivity (Wildman–Crippen MR) is 76.1 cm³/mol. The van der Waals surface area contributed by atoms with Crippen LogP contribution in [0.3, 0.4) is 0 Å². The van der Waals surface area contributed by atoms with Crippen molar-refractivity contribution in [3.05, 3.63) is 58.5 Å². The van der Waals surface area contributed by atoms with Crippen molar-refractivity contribution in [1.82, 2.24) is 9.55 Å². The monoisotopic (exact) mass is 330 g/mol. The molecule has 0 unspecified atom stereocenters. The first-order chi connectivity index (χ1) is 9.88. The number of nitrogens with zero attached hydrogens (tertiary/aromatic N) is 2. The van der Waals surface area contributed by atoms with Gasteiger partial charge in [0.25, 0.3) is 0 Å². The standard InChI is InChI=1S/C14H7Cl2F3N2/c15-10-5-8(14(17,18)19)1-2-12(10)21-4-3-9-11(16)6-20-7-13(9)21/h1-7H. The van der Waals surface area contributed by atoms with E-state index < -0.39 is 11.7 Å². The molecule has 0 N–H and O–H groups in total. The summed E-state index contributed by atoms with van der Waals surface area (Å²) in [4.78, 5) is 3.98. The first kappa shape index (κ1) is 14.2. The molecule has 0 aliphatic heterocycles. The van der Waals surface area contributed by atoms with Crippen LogP contribution in [-0.4, -0.2) is 9.55 Å². The van der Waals surface area contributed by atoms with E-state index in [1.54, 1.807) is 23.0 Å². The highest BCUT2D eigenvalue weighted by atomic mass is 35.5. The van der Waals surface area contributed by atoms with E-state index >= 15 is 0 Å². The van der Waals surface area contributed by atoms with E-state index in [1.165, 1.54) is 12.3 Å². The van der Waals surface area contributed by atoms with Crippen LogP contribution in [0.4, 0.5) is 13.2 Å². The van der Waals surface area contributed by atoms with Crippen LogP contribution in [0, 0.1) is 0 Å². The molecule has 0 radical (unpaired) electrons. The van der Waals surface area contributed by atoms with Gasteiger partial charge in [0, 0.05) is 17.8 Å². The smallest absolute Gasteiger partial charge is 0.314 e. The van der Waals surface area contributed by atoms with Crippen LogP contribution in [0.5, 0.6) is 0 Å². The third kappa shape index (κ3) is 2.47. The van der Waals surface area contributed by atoms with Gasteiger partial charge >= 0.3 is 6.18 Å². The molecule has 0 amide bonds. The second kappa shape index (κ2) is 4.93. The Morgan fingerprint density at radius 3 is 2.43 bits per heavy atom. The van der Waals surface area contributed by atoms with Gasteiger partial charge in [-0.05, 0) is 24.3 Å². The number of pyridine rings is 1. The van der Waals surface area contributed by atoms with Crippen LogP contribution in [0.1, 0.15) is 5.56 Å². The van der Waals surface area contributed by atoms with Crippen LogP contribution in [-0.2, 0) is 6.18 Å². The SMILES string of the molecule is FC(F)(F)c1ccc(-n2ccc3c(Cl)cncc32)c(Cl)c1. The lowest BCUT2D eigenvalue weighted by atomic mass is 10.2. The maximum Gasteiger partial charge on any atom is 0.416 e. The van der Waals surface area contributed by atoms with Crippen LogP contribution < -0.4 is 0 Å². The summed E-state index contributed by atoms with van der Waals surface area (Å²) in [6.45, 7) is 0. The van der Waals surface area contributed by atoms with E-state index in [0.717, 1.165) is 17.5 Å². The molecule has 0 atom stereocenters. The molecule has 0 saturated heterocycles. The van der Waals surface area contributed by atoms with Gasteiger partial charge in [-0.2, -0.15) is 13.2 Å². The Kier molecular flexibility index (Phi) is 3.34. The molecule has 3 rings (SSSR count). The average molecular weight is 331 g/mol. The molecule has 3 aromatic rings. The first-order valence-corrected chi connectivity index (χ1v) is 6.61. The zero-order valence-electron chi connectivity index (χ0n) is 10.3. The first-order valence-electron chi connectivity index (χ1n) is 5.85. The molecule has 0 spiro atoms. The molecule has 0 fully saturated rings. The van der Waals surface area contributed by atoms with Crippen molar-refractivity contribution < 1.29 is 13.2 Å². The van der Waals surface area contributed by atoms with Crippen molar-refractivity contribution in [2.24, 2.45) is 0 Å². The minimum atomic E-state index is -4.42. The van der Waals surface area contributed by atoms with E-state index in [0.29, 0.717) is 16.2 Å². The van der Waals surface area contributed by atoms with Crippen LogP contribution in [0.25, 0.3) is 16.6 Å². The van der Waals surface area contributed by atoms with Crippen molar-refractivity contribution in [2.75, 3.05) is 0 Å². The summed E-state index contributed by atoms with van der Waals surface area (Å²) in [5, 5.41) is 1.22. The summed E-state index contributed by atoms with van der Waals surface area (Å²) in [7, 11) is 0. The van der Waals surface area contributed by atoms with Crippen molar-refractivity contribution in [2.45, 2.75) is 6.18 Å². The lowest BCUT2D eigenvalue weighted by Crippen LogP contribution is -2.05. The Labute approximate surface area is 127 Å². The van der Waals surface area contributed by atoms with Crippen molar-refractivity contribution in [3.8, 4) is 5.69 Å². The molecule has 0 aliphatic carbocycles. The zero-order valence-corrected chi connectivity index (χ0v) is 11.8. The number of hydrogen-bond acceptors (Lipinski definition) is 1. The molecule has 7 heteroatoms. The van der Waals surface area contributed by atoms with Crippen LogP contribution in [0.15, 0.2) is 42.9 Å². The van der Waals surface area contributed by atoms with E-state index in [4.69, 9.17) is 23.2 Å². The zero-order chi connectivity index (χ0) is 15.2. The summed E-state index contributed by atoms with van der Waals surface area (Å²) in [6.07, 6.45) is 0.344. The minimum Gasteiger partial charge on any atom is -0.314 e. The largest absolute Gasteiger partial charge is 0.416 e. The fraction of sp³-hybridized carbons (Fsp3) is 0.0714. The van der Waals surface area contributed by atoms with E-state index in [-0.39, 0.29) is 5.02 Å². The Bertz CT molecular complexity index is 825. The Morgan fingerprint density at radius 2 is 1.76 bits per heavy atom. The molecule has 2 nitrogen and oxygen atoms in total. The summed E-state index contributed by atoms with van der Waals surface area (Å²) >= 11 is 12.0.